The first-order valence-corrected chi connectivity index (χ1v) is 11.4. The number of hydrogen-bond acceptors (Lipinski definition) is 6. The molecule has 160 valence electrons. The van der Waals surface area contributed by atoms with E-state index in [-0.39, 0.29) is 12.1 Å². The van der Waals surface area contributed by atoms with Crippen molar-refractivity contribution in [3.8, 4) is 0 Å². The van der Waals surface area contributed by atoms with Gasteiger partial charge in [-0.05, 0) is 51.7 Å². The van der Waals surface area contributed by atoms with E-state index in [2.05, 4.69) is 23.0 Å². The molecule has 2 aromatic heterocycles. The normalized spacial score (nSPS) is 26.6. The molecule has 0 aliphatic carbocycles. The van der Waals surface area contributed by atoms with Crippen molar-refractivity contribution in [1.82, 2.24) is 14.7 Å². The van der Waals surface area contributed by atoms with Crippen LogP contribution in [0.4, 0.5) is 0 Å². The molecule has 1 fully saturated rings. The number of nitrogens with zero attached hydrogens (tertiary/aromatic N) is 3. The van der Waals surface area contributed by atoms with E-state index in [1.54, 1.807) is 29.9 Å². The van der Waals surface area contributed by atoms with Gasteiger partial charge in [-0.2, -0.15) is 5.10 Å². The number of aliphatic hydroxyl groups excluding tert-OH is 1. The quantitative estimate of drug-likeness (QED) is 0.748. The van der Waals surface area contributed by atoms with Crippen LogP contribution in [-0.4, -0.2) is 55.8 Å². The van der Waals surface area contributed by atoms with Crippen LogP contribution in [-0.2, 0) is 29.8 Å². The molecule has 2 aliphatic heterocycles. The molecule has 8 heteroatoms. The molecule has 0 bridgehead atoms. The lowest BCUT2D eigenvalue weighted by Gasteiger charge is -2.47. The molecule has 29 heavy (non-hydrogen) atoms. The number of likely N-dealkylation sites (tertiary alicyclic amines) is 1. The summed E-state index contributed by atoms with van der Waals surface area (Å²) in [7, 11) is 0. The number of halogens is 1. The van der Waals surface area contributed by atoms with Crippen LogP contribution in [0.1, 0.15) is 49.6 Å². The van der Waals surface area contributed by atoms with Gasteiger partial charge in [-0.1, -0.05) is 11.6 Å². The summed E-state index contributed by atoms with van der Waals surface area (Å²) in [6.07, 6.45) is 5.82. The van der Waals surface area contributed by atoms with Crippen molar-refractivity contribution in [2.75, 3.05) is 13.2 Å². The summed E-state index contributed by atoms with van der Waals surface area (Å²) in [5, 5.41) is 24.4. The summed E-state index contributed by atoms with van der Waals surface area (Å²) >= 11 is 7.98. The van der Waals surface area contributed by atoms with Crippen molar-refractivity contribution in [3.05, 3.63) is 38.8 Å². The van der Waals surface area contributed by atoms with Gasteiger partial charge in [-0.15, -0.1) is 11.3 Å². The van der Waals surface area contributed by atoms with Crippen LogP contribution in [0.15, 0.2) is 18.5 Å². The van der Waals surface area contributed by atoms with E-state index in [0.717, 1.165) is 48.9 Å². The van der Waals surface area contributed by atoms with Gasteiger partial charge in [-0.25, -0.2) is 0 Å². The van der Waals surface area contributed by atoms with Crippen LogP contribution in [0.2, 0.25) is 4.34 Å². The molecule has 0 radical (unpaired) electrons. The average Bonchev–Trinajstić information content (AvgIpc) is 3.23. The van der Waals surface area contributed by atoms with Crippen LogP contribution >= 0.6 is 22.9 Å². The van der Waals surface area contributed by atoms with Gasteiger partial charge >= 0.3 is 0 Å². The van der Waals surface area contributed by atoms with E-state index in [9.17, 15) is 10.2 Å². The maximum atomic E-state index is 10.1. The molecule has 1 spiro atoms. The fourth-order valence-electron chi connectivity index (χ4n) is 4.44. The summed E-state index contributed by atoms with van der Waals surface area (Å²) in [5.41, 5.74) is 1.13. The Bertz CT molecular complexity index is 862. The minimum absolute atomic E-state index is 0.192. The largest absolute Gasteiger partial charge is 0.388 e. The maximum Gasteiger partial charge on any atom is 0.105 e. The van der Waals surface area contributed by atoms with E-state index >= 15 is 0 Å². The van der Waals surface area contributed by atoms with Gasteiger partial charge in [0, 0.05) is 35.8 Å². The van der Waals surface area contributed by atoms with Crippen molar-refractivity contribution in [1.29, 1.82) is 0 Å². The molecule has 4 rings (SSSR count). The number of piperidine rings is 1. The van der Waals surface area contributed by atoms with Gasteiger partial charge < -0.3 is 14.9 Å². The Morgan fingerprint density at radius 1 is 1.48 bits per heavy atom. The molecule has 2 aromatic rings. The summed E-state index contributed by atoms with van der Waals surface area (Å²) in [6, 6.07) is 2.49. The third-order valence-corrected chi connectivity index (χ3v) is 7.73. The monoisotopic (exact) mass is 439 g/mol. The molecule has 2 aliphatic rings. The van der Waals surface area contributed by atoms with Crippen molar-refractivity contribution in [2.24, 2.45) is 0 Å². The highest BCUT2D eigenvalue weighted by Crippen LogP contribution is 2.48. The first-order valence-electron chi connectivity index (χ1n) is 10.2. The van der Waals surface area contributed by atoms with E-state index < -0.39 is 11.7 Å². The molecule has 2 N–H and O–H groups in total. The fourth-order valence-corrected chi connectivity index (χ4v) is 5.92. The third-order valence-electron chi connectivity index (χ3n) is 6.24. The van der Waals surface area contributed by atoms with Gasteiger partial charge in [0.05, 0.1) is 29.3 Å². The highest BCUT2D eigenvalue weighted by atomic mass is 35.5. The topological polar surface area (TPSA) is 70.8 Å². The van der Waals surface area contributed by atoms with Crippen LogP contribution in [0.5, 0.6) is 0 Å². The fraction of sp³-hybridized carbons (Fsp3) is 0.667. The first-order chi connectivity index (χ1) is 13.7. The Labute approximate surface area is 181 Å². The lowest BCUT2D eigenvalue weighted by Crippen LogP contribution is -2.49. The van der Waals surface area contributed by atoms with E-state index in [1.165, 1.54) is 10.4 Å². The SMILES string of the molecule is C[C@H]1C[C@@]2(CCN1Cc1cnn(CC(O)C(C)(C)O)c1)OCCc1cc(Cl)sc12. The second kappa shape index (κ2) is 7.94. The van der Waals surface area contributed by atoms with Crippen LogP contribution < -0.4 is 0 Å². The predicted molar refractivity (Wildman–Crippen MR) is 114 cm³/mol. The van der Waals surface area contributed by atoms with E-state index in [4.69, 9.17) is 16.3 Å². The second-order valence-corrected chi connectivity index (χ2v) is 10.7. The zero-order chi connectivity index (χ0) is 20.8. The molecule has 4 heterocycles. The zero-order valence-corrected chi connectivity index (χ0v) is 18.8. The lowest BCUT2D eigenvalue weighted by atomic mass is 9.82. The smallest absolute Gasteiger partial charge is 0.105 e. The highest BCUT2D eigenvalue weighted by molar-refractivity contribution is 7.16. The van der Waals surface area contributed by atoms with Crippen LogP contribution in [0, 0.1) is 0 Å². The lowest BCUT2D eigenvalue weighted by molar-refractivity contribution is -0.110. The molecule has 1 unspecified atom stereocenters. The third kappa shape index (κ3) is 4.40. The molecular formula is C21H30ClN3O3S. The summed E-state index contributed by atoms with van der Waals surface area (Å²) in [5.74, 6) is 0. The number of ether oxygens (including phenoxy) is 1. The van der Waals surface area contributed by atoms with E-state index in [1.807, 2.05) is 12.4 Å². The van der Waals surface area contributed by atoms with Gasteiger partial charge in [0.25, 0.3) is 0 Å². The summed E-state index contributed by atoms with van der Waals surface area (Å²) in [6.45, 7) is 8.28. The Morgan fingerprint density at radius 3 is 3.00 bits per heavy atom. The Balaban J connectivity index is 1.41. The van der Waals surface area contributed by atoms with Crippen molar-refractivity contribution in [3.63, 3.8) is 0 Å². The number of rotatable bonds is 5. The Hall–Kier alpha value is -0.960. The molecule has 0 saturated carbocycles. The van der Waals surface area contributed by atoms with Gasteiger partial charge in [0.2, 0.25) is 0 Å². The van der Waals surface area contributed by atoms with Crippen molar-refractivity contribution < 1.29 is 14.9 Å². The molecule has 6 nitrogen and oxygen atoms in total. The Kier molecular flexibility index (Phi) is 5.83. The number of aliphatic hydroxyl groups is 2. The minimum Gasteiger partial charge on any atom is -0.388 e. The maximum absolute atomic E-state index is 10.1. The first kappa shape index (κ1) is 21.3. The van der Waals surface area contributed by atoms with Crippen LogP contribution in [0.25, 0.3) is 0 Å². The predicted octanol–water partition coefficient (Wildman–Crippen LogP) is 3.18. The zero-order valence-electron chi connectivity index (χ0n) is 17.3. The molecule has 0 aromatic carbocycles. The standard InChI is InChI=1S/C21H30ClN3O3S/c1-14-9-21(19-16(4-7-28-21)8-18(22)29-19)5-6-24(14)11-15-10-23-25(12-15)13-17(26)20(2,3)27/h8,10,12,14,17,26-27H,4-7,9,11,13H2,1-3H3/t14-,17?,21+/m0/s1. The molecule has 0 amide bonds. The van der Waals surface area contributed by atoms with Crippen LogP contribution in [0.3, 0.4) is 0 Å². The van der Waals surface area contributed by atoms with Crippen molar-refractivity contribution in [2.45, 2.75) is 76.5 Å². The summed E-state index contributed by atoms with van der Waals surface area (Å²) < 4.78 is 8.92. The van der Waals surface area contributed by atoms with Gasteiger partial charge in [0.1, 0.15) is 11.7 Å². The molecule has 1 saturated heterocycles. The number of aromatic nitrogens is 2. The minimum atomic E-state index is -1.15. The number of hydrogen-bond donors (Lipinski definition) is 2. The molecular weight excluding hydrogens is 410 g/mol. The average molecular weight is 440 g/mol. The highest BCUT2D eigenvalue weighted by Gasteiger charge is 2.44. The number of thiophene rings is 1. The number of fused-ring (bicyclic) bond motifs is 2. The Morgan fingerprint density at radius 2 is 2.28 bits per heavy atom. The summed E-state index contributed by atoms with van der Waals surface area (Å²) in [4.78, 5) is 3.79. The van der Waals surface area contributed by atoms with E-state index in [0.29, 0.717) is 6.04 Å². The second-order valence-electron chi connectivity index (χ2n) is 9.01. The van der Waals surface area contributed by atoms with Gasteiger partial charge in [0.15, 0.2) is 0 Å². The van der Waals surface area contributed by atoms with Gasteiger partial charge in [-0.3, -0.25) is 9.58 Å². The molecule has 3 atom stereocenters. The van der Waals surface area contributed by atoms with Crippen molar-refractivity contribution >= 4 is 22.9 Å².